The van der Waals surface area contributed by atoms with E-state index in [4.69, 9.17) is 29.9 Å². The summed E-state index contributed by atoms with van der Waals surface area (Å²) in [5, 5.41) is 0. The van der Waals surface area contributed by atoms with Gasteiger partial charge in [-0.15, -0.1) is 0 Å². The number of anilines is 1. The van der Waals surface area contributed by atoms with E-state index in [-0.39, 0.29) is 23.9 Å². The van der Waals surface area contributed by atoms with Crippen molar-refractivity contribution < 1.29 is 23.8 Å². The van der Waals surface area contributed by atoms with Crippen molar-refractivity contribution in [3.05, 3.63) is 119 Å². The molecule has 0 unspecified atom stereocenters. The van der Waals surface area contributed by atoms with Crippen molar-refractivity contribution >= 4 is 52.5 Å². The number of carbonyl (C=O) groups is 2. The number of hydrogen-bond donors (Lipinski definition) is 1. The molecule has 2 amide bonds. The molecule has 0 saturated heterocycles. The predicted octanol–water partition coefficient (Wildman–Crippen LogP) is 7.69. The molecule has 8 rings (SSSR count). The van der Waals surface area contributed by atoms with E-state index in [0.717, 1.165) is 27.8 Å². The average Bonchev–Trinajstić information content (AvgIpc) is 3.73. The Morgan fingerprint density at radius 1 is 0.712 bits per heavy atom. The second-order valence-corrected chi connectivity index (χ2v) is 13.5. The number of amides is 2. The summed E-state index contributed by atoms with van der Waals surface area (Å²) in [6.07, 6.45) is 9.46. The molecule has 0 fully saturated rings. The largest absolute Gasteiger partial charge is 0.493 e. The van der Waals surface area contributed by atoms with Crippen molar-refractivity contribution in [1.82, 2.24) is 9.80 Å². The second-order valence-electron chi connectivity index (χ2n) is 13.5. The van der Waals surface area contributed by atoms with E-state index in [2.05, 4.69) is 31.2 Å². The molecule has 262 valence electrons. The zero-order chi connectivity index (χ0) is 35.9. The lowest BCUT2D eigenvalue weighted by atomic mass is 10.0. The van der Waals surface area contributed by atoms with Gasteiger partial charge >= 0.3 is 0 Å². The number of nitrogens with zero attached hydrogens (tertiary/aromatic N) is 4. The van der Waals surface area contributed by atoms with Gasteiger partial charge in [-0.2, -0.15) is 0 Å². The first kappa shape index (κ1) is 33.0. The Balaban J connectivity index is 0.902. The molecule has 0 radical (unpaired) electrons. The first-order valence-corrected chi connectivity index (χ1v) is 17.5. The number of hydrogen-bond acceptors (Lipinski definition) is 8. The van der Waals surface area contributed by atoms with E-state index >= 15 is 0 Å². The Hall–Kier alpha value is -6.16. The van der Waals surface area contributed by atoms with Crippen LogP contribution < -0.4 is 19.9 Å². The van der Waals surface area contributed by atoms with Gasteiger partial charge in [-0.05, 0) is 65.9 Å². The highest BCUT2D eigenvalue weighted by molar-refractivity contribution is 6.06. The fraction of sp³-hybridized carbons (Fsp3) is 0.238. The van der Waals surface area contributed by atoms with Crippen LogP contribution in [-0.4, -0.2) is 66.5 Å². The first-order valence-electron chi connectivity index (χ1n) is 17.5. The van der Waals surface area contributed by atoms with Gasteiger partial charge in [0.2, 0.25) is 0 Å². The van der Waals surface area contributed by atoms with Gasteiger partial charge in [0.15, 0.2) is 11.5 Å². The quantitative estimate of drug-likeness (QED) is 0.142. The van der Waals surface area contributed by atoms with Crippen LogP contribution >= 0.6 is 0 Å². The van der Waals surface area contributed by atoms with Crippen LogP contribution in [0.4, 0.5) is 17.1 Å². The molecule has 4 aliphatic heterocycles. The molecule has 0 bridgehead atoms. The van der Waals surface area contributed by atoms with E-state index in [1.807, 2.05) is 68.2 Å². The summed E-state index contributed by atoms with van der Waals surface area (Å²) in [5.74, 6) is 1.41. The van der Waals surface area contributed by atoms with Crippen LogP contribution in [0.5, 0.6) is 17.2 Å². The molecule has 4 aromatic carbocycles. The molecule has 10 heteroatoms. The monoisotopic (exact) mass is 693 g/mol. The topological polar surface area (TPSA) is 119 Å². The van der Waals surface area contributed by atoms with E-state index in [1.165, 1.54) is 5.56 Å². The van der Waals surface area contributed by atoms with Crippen molar-refractivity contribution in [3.63, 3.8) is 0 Å². The summed E-state index contributed by atoms with van der Waals surface area (Å²) in [7, 11) is 1.56. The second kappa shape index (κ2) is 13.5. The molecule has 10 nitrogen and oxygen atoms in total. The minimum atomic E-state index is -0.169. The number of ether oxygens (including phenoxy) is 3. The molecule has 0 saturated carbocycles. The number of rotatable bonds is 9. The molecule has 0 aromatic heterocycles. The van der Waals surface area contributed by atoms with Crippen molar-refractivity contribution in [3.8, 4) is 17.2 Å². The number of methoxy groups -OCH3 is 1. The highest BCUT2D eigenvalue weighted by Crippen LogP contribution is 2.41. The van der Waals surface area contributed by atoms with Crippen LogP contribution in [0, 0.1) is 13.8 Å². The number of aryl methyl sites for hydroxylation is 2. The van der Waals surface area contributed by atoms with Crippen LogP contribution in [0.2, 0.25) is 0 Å². The Labute approximate surface area is 302 Å². The smallest absolute Gasteiger partial charge is 0.260 e. The minimum Gasteiger partial charge on any atom is -0.493 e. The van der Waals surface area contributed by atoms with E-state index < -0.39 is 0 Å². The number of fused-ring (bicyclic) bond motifs is 4. The molecular formula is C42H39N5O5. The molecule has 0 aliphatic carbocycles. The standard InChI is InChI=1S/C42H39N5O5/c1-25-8-10-27(11-9-25)29-16-32-21-45-37-20-40(39(50-3)18-35(37)42(49)46(32)23-29)52-13-5-12-51-38-19-36-34(14-26(38)2)41(48)47-24-30(17-33(47)22-44-36)28-6-4-7-31(43)15-28/h4,6-11,14-15,18-24,32-33H,5,12-13,16-17,43H2,1-3H3/t32-,33-/m0/s1. The maximum atomic E-state index is 13.7. The molecular weight excluding hydrogens is 654 g/mol. The van der Waals surface area contributed by atoms with Crippen LogP contribution in [-0.2, 0) is 0 Å². The molecule has 4 aliphatic rings. The zero-order valence-electron chi connectivity index (χ0n) is 29.3. The van der Waals surface area contributed by atoms with Crippen LogP contribution in [0.15, 0.2) is 95.2 Å². The van der Waals surface area contributed by atoms with E-state index in [9.17, 15) is 9.59 Å². The lowest BCUT2D eigenvalue weighted by Crippen LogP contribution is -2.32. The molecule has 4 heterocycles. The van der Waals surface area contributed by atoms with E-state index in [1.54, 1.807) is 29.0 Å². The summed E-state index contributed by atoms with van der Waals surface area (Å²) < 4.78 is 17.9. The molecule has 0 spiro atoms. The van der Waals surface area contributed by atoms with Crippen molar-refractivity contribution in [2.24, 2.45) is 9.98 Å². The highest BCUT2D eigenvalue weighted by atomic mass is 16.5. The molecule has 4 aromatic rings. The van der Waals surface area contributed by atoms with E-state index in [0.29, 0.717) is 77.9 Å². The first-order chi connectivity index (χ1) is 25.2. The SMILES string of the molecule is COc1cc2c(cc1OCCCOc1cc3c(cc1C)C(=O)N1C=C(c4cccc(N)c4)C[C@H]1C=N3)N=C[C@@H]1CC(c3ccc(C)cc3)=CN1C2=O. The van der Waals surface area contributed by atoms with Gasteiger partial charge in [-0.1, -0.05) is 42.0 Å². The number of aliphatic imine (C=N–C) groups is 2. The molecule has 2 N–H and O–H groups in total. The van der Waals surface area contributed by atoms with Gasteiger partial charge < -0.3 is 29.7 Å². The molecule has 52 heavy (non-hydrogen) atoms. The summed E-state index contributed by atoms with van der Waals surface area (Å²) in [6.45, 7) is 4.72. The third-order valence-corrected chi connectivity index (χ3v) is 9.92. The summed E-state index contributed by atoms with van der Waals surface area (Å²) in [5.41, 5.74) is 15.1. The maximum absolute atomic E-state index is 13.7. The average molecular weight is 694 g/mol. The Morgan fingerprint density at radius 2 is 1.31 bits per heavy atom. The fourth-order valence-electron chi connectivity index (χ4n) is 7.08. The Kier molecular flexibility index (Phi) is 8.58. The summed E-state index contributed by atoms with van der Waals surface area (Å²) in [4.78, 5) is 40.3. The number of benzene rings is 4. The van der Waals surface area contributed by atoms with Crippen LogP contribution in [0.3, 0.4) is 0 Å². The molecule has 2 atom stereocenters. The normalized spacial score (nSPS) is 18.5. The fourth-order valence-corrected chi connectivity index (χ4v) is 7.08. The van der Waals surface area contributed by atoms with Crippen LogP contribution in [0.25, 0.3) is 11.1 Å². The van der Waals surface area contributed by atoms with Crippen molar-refractivity contribution in [1.29, 1.82) is 0 Å². The Bertz CT molecular complexity index is 2220. The van der Waals surface area contributed by atoms with Gasteiger partial charge in [0, 0.05) is 61.9 Å². The maximum Gasteiger partial charge on any atom is 0.260 e. The lowest BCUT2D eigenvalue weighted by molar-refractivity contribution is 0.0809. The number of nitrogen functional groups attached to an aromatic ring is 1. The van der Waals surface area contributed by atoms with Crippen molar-refractivity contribution in [2.75, 3.05) is 26.1 Å². The number of nitrogens with two attached hydrogens (primary N) is 1. The third kappa shape index (κ3) is 6.21. The van der Waals surface area contributed by atoms with Gasteiger partial charge in [0.1, 0.15) is 5.75 Å². The van der Waals surface area contributed by atoms with Gasteiger partial charge in [0.05, 0.1) is 54.9 Å². The third-order valence-electron chi connectivity index (χ3n) is 9.92. The van der Waals surface area contributed by atoms with Crippen molar-refractivity contribution in [2.45, 2.75) is 45.2 Å². The summed E-state index contributed by atoms with van der Waals surface area (Å²) in [6, 6.07) is 22.9. The van der Waals surface area contributed by atoms with Gasteiger partial charge in [0.25, 0.3) is 11.8 Å². The lowest BCUT2D eigenvalue weighted by Gasteiger charge is -2.19. The Morgan fingerprint density at radius 3 is 1.94 bits per heavy atom. The predicted molar refractivity (Wildman–Crippen MR) is 203 cm³/mol. The highest BCUT2D eigenvalue weighted by Gasteiger charge is 2.35. The van der Waals surface area contributed by atoms with Gasteiger partial charge in [-0.25, -0.2) is 0 Å². The minimum absolute atomic E-state index is 0.0935. The zero-order valence-corrected chi connectivity index (χ0v) is 29.3. The van der Waals surface area contributed by atoms with Gasteiger partial charge in [-0.3, -0.25) is 19.6 Å². The number of carbonyl (C=O) groups excluding carboxylic acids is 2. The summed E-state index contributed by atoms with van der Waals surface area (Å²) >= 11 is 0. The van der Waals surface area contributed by atoms with Crippen LogP contribution in [0.1, 0.15) is 62.2 Å².